The third kappa shape index (κ3) is 8.95. The molecule has 0 radical (unpaired) electrons. The second-order valence-corrected chi connectivity index (χ2v) is 10.2. The molecule has 3 aromatic rings. The predicted octanol–water partition coefficient (Wildman–Crippen LogP) is 5.34. The van der Waals surface area contributed by atoms with Crippen LogP contribution < -0.4 is 21.5 Å². The highest BCUT2D eigenvalue weighted by Gasteiger charge is 2.23. The lowest BCUT2D eigenvalue weighted by molar-refractivity contribution is -0.142. The van der Waals surface area contributed by atoms with Gasteiger partial charge >= 0.3 is 5.97 Å². The molecule has 3 aromatic carbocycles. The number of hydrogen-bond acceptors (Lipinski definition) is 7. The lowest BCUT2D eigenvalue weighted by atomic mass is 9.92. The van der Waals surface area contributed by atoms with Gasteiger partial charge in [-0.1, -0.05) is 54.6 Å². The highest BCUT2D eigenvalue weighted by atomic mass is 32.2. The summed E-state index contributed by atoms with van der Waals surface area (Å²) in [5.41, 5.74) is 17.2. The van der Waals surface area contributed by atoms with Crippen LogP contribution in [0.25, 0.3) is 11.1 Å². The average molecular weight is 560 g/mol. The Hall–Kier alpha value is -4.17. The van der Waals surface area contributed by atoms with E-state index in [4.69, 9.17) is 20.9 Å². The molecule has 0 aromatic heterocycles. The zero-order chi connectivity index (χ0) is 28.9. The third-order valence-electron chi connectivity index (χ3n) is 6.31. The number of amides is 1. The number of aryl methyl sites for hydroxylation is 2. The van der Waals surface area contributed by atoms with Gasteiger partial charge in [0, 0.05) is 11.3 Å². The SMILES string of the molecule is COC(=O)C(CCSC)NC(=O)c1ccc(CC/C(N)=C/C=C(\N)Oc2ccccc2)cc1-c1ccccc1C. The number of carbonyl (C=O) groups is 2. The Morgan fingerprint density at radius 3 is 2.40 bits per heavy atom. The smallest absolute Gasteiger partial charge is 0.328 e. The number of carbonyl (C=O) groups excluding carboxylic acids is 2. The quantitative estimate of drug-likeness (QED) is 0.147. The number of hydrogen-bond donors (Lipinski definition) is 3. The molecule has 3 rings (SSSR count). The van der Waals surface area contributed by atoms with Crippen molar-refractivity contribution in [2.75, 3.05) is 19.1 Å². The molecule has 0 heterocycles. The van der Waals surface area contributed by atoms with E-state index >= 15 is 0 Å². The van der Waals surface area contributed by atoms with E-state index in [-0.39, 0.29) is 11.8 Å². The highest BCUT2D eigenvalue weighted by molar-refractivity contribution is 7.98. The van der Waals surface area contributed by atoms with Gasteiger partial charge in [-0.3, -0.25) is 4.79 Å². The minimum Gasteiger partial charge on any atom is -0.467 e. The van der Waals surface area contributed by atoms with Gasteiger partial charge < -0.3 is 26.3 Å². The Kier molecular flexibility index (Phi) is 11.7. The number of benzene rings is 3. The van der Waals surface area contributed by atoms with E-state index in [2.05, 4.69) is 5.32 Å². The summed E-state index contributed by atoms with van der Waals surface area (Å²) in [5, 5.41) is 2.88. The number of nitrogens with one attached hydrogen (secondary N) is 1. The summed E-state index contributed by atoms with van der Waals surface area (Å²) in [7, 11) is 1.33. The van der Waals surface area contributed by atoms with E-state index in [1.165, 1.54) is 7.11 Å². The van der Waals surface area contributed by atoms with Crippen molar-refractivity contribution in [3.8, 4) is 16.9 Å². The molecule has 40 heavy (non-hydrogen) atoms. The summed E-state index contributed by atoms with van der Waals surface area (Å²) in [4.78, 5) is 25.7. The normalized spacial score (nSPS) is 12.5. The van der Waals surface area contributed by atoms with Crippen molar-refractivity contribution >= 4 is 23.6 Å². The Labute approximate surface area is 240 Å². The molecule has 1 atom stereocenters. The fraction of sp³-hybridized carbons (Fsp3) is 0.250. The molecule has 1 unspecified atom stereocenters. The van der Waals surface area contributed by atoms with Gasteiger partial charge in [0.2, 0.25) is 0 Å². The molecule has 5 N–H and O–H groups in total. The van der Waals surface area contributed by atoms with Crippen LogP contribution in [0.2, 0.25) is 0 Å². The zero-order valence-electron chi connectivity index (χ0n) is 23.2. The molecule has 0 aliphatic rings. The summed E-state index contributed by atoms with van der Waals surface area (Å²) in [6.45, 7) is 2.01. The number of thioether (sulfide) groups is 1. The lowest BCUT2D eigenvalue weighted by Crippen LogP contribution is -2.42. The Morgan fingerprint density at radius 2 is 1.70 bits per heavy atom. The van der Waals surface area contributed by atoms with Crippen LogP contribution in [-0.4, -0.2) is 37.0 Å². The molecule has 0 spiro atoms. The van der Waals surface area contributed by atoms with E-state index in [0.29, 0.717) is 36.3 Å². The van der Waals surface area contributed by atoms with Crippen molar-refractivity contribution in [1.29, 1.82) is 0 Å². The van der Waals surface area contributed by atoms with E-state index in [1.54, 1.807) is 30.0 Å². The largest absolute Gasteiger partial charge is 0.467 e. The maximum Gasteiger partial charge on any atom is 0.328 e. The van der Waals surface area contributed by atoms with Gasteiger partial charge in [0.05, 0.1) is 7.11 Å². The van der Waals surface area contributed by atoms with Crippen LogP contribution in [0, 0.1) is 6.92 Å². The highest BCUT2D eigenvalue weighted by Crippen LogP contribution is 2.29. The van der Waals surface area contributed by atoms with Gasteiger partial charge in [0.25, 0.3) is 5.91 Å². The molecule has 0 aliphatic heterocycles. The molecule has 8 heteroatoms. The predicted molar refractivity (Wildman–Crippen MR) is 163 cm³/mol. The first-order valence-corrected chi connectivity index (χ1v) is 14.4. The molecule has 0 saturated heterocycles. The first kappa shape index (κ1) is 30.4. The summed E-state index contributed by atoms with van der Waals surface area (Å²) >= 11 is 1.61. The van der Waals surface area contributed by atoms with Crippen LogP contribution in [-0.2, 0) is 16.0 Å². The van der Waals surface area contributed by atoms with Crippen LogP contribution in [0.1, 0.15) is 34.3 Å². The van der Waals surface area contributed by atoms with Crippen molar-refractivity contribution in [3.05, 3.63) is 113 Å². The third-order valence-corrected chi connectivity index (χ3v) is 6.95. The average Bonchev–Trinajstić information content (AvgIpc) is 2.97. The Balaban J connectivity index is 1.80. The summed E-state index contributed by atoms with van der Waals surface area (Å²) in [5.74, 6) is 0.840. The van der Waals surface area contributed by atoms with Crippen molar-refractivity contribution in [2.45, 2.75) is 32.2 Å². The van der Waals surface area contributed by atoms with Crippen molar-refractivity contribution in [3.63, 3.8) is 0 Å². The van der Waals surface area contributed by atoms with E-state index in [1.807, 2.05) is 79.9 Å². The van der Waals surface area contributed by atoms with Crippen LogP contribution in [0.5, 0.6) is 5.75 Å². The van der Waals surface area contributed by atoms with Crippen LogP contribution >= 0.6 is 11.8 Å². The molecule has 1 amide bonds. The van der Waals surface area contributed by atoms with E-state index in [9.17, 15) is 9.59 Å². The number of allylic oxidation sites excluding steroid dienone is 3. The molecule has 0 fully saturated rings. The Bertz CT molecular complexity index is 1360. The standard InChI is InChI=1S/C32H37N3O4S/c1-22-9-7-8-12-26(22)28-21-23(13-15-24(33)16-18-30(34)39-25-10-5-4-6-11-25)14-17-27(28)31(36)35-29(19-20-40-3)32(37)38-2/h4-12,14,16-18,21,29H,13,15,19-20,33-34H2,1-3H3,(H,35,36)/b24-16-,30-18+. The van der Waals surface area contributed by atoms with Crippen LogP contribution in [0.4, 0.5) is 0 Å². The number of ether oxygens (including phenoxy) is 2. The van der Waals surface area contributed by atoms with E-state index < -0.39 is 12.0 Å². The van der Waals surface area contributed by atoms with Crippen molar-refractivity contribution < 1.29 is 19.1 Å². The monoisotopic (exact) mass is 559 g/mol. The number of esters is 1. The summed E-state index contributed by atoms with van der Waals surface area (Å²) in [6, 6.07) is 22.2. The van der Waals surface area contributed by atoms with Gasteiger partial charge in [-0.25, -0.2) is 4.79 Å². The number of nitrogens with two attached hydrogens (primary N) is 2. The summed E-state index contributed by atoms with van der Waals surface area (Å²) < 4.78 is 10.5. The maximum absolute atomic E-state index is 13.4. The lowest BCUT2D eigenvalue weighted by Gasteiger charge is -2.19. The van der Waals surface area contributed by atoms with Gasteiger partial charge in [-0.05, 0) is 90.8 Å². The second-order valence-electron chi connectivity index (χ2n) is 9.25. The van der Waals surface area contributed by atoms with E-state index in [0.717, 1.165) is 28.0 Å². The maximum atomic E-state index is 13.4. The molecule has 0 aliphatic carbocycles. The number of methoxy groups -OCH3 is 1. The van der Waals surface area contributed by atoms with Gasteiger partial charge in [-0.15, -0.1) is 0 Å². The minimum absolute atomic E-state index is 0.245. The van der Waals surface area contributed by atoms with Crippen molar-refractivity contribution in [2.24, 2.45) is 11.5 Å². The molecule has 7 nitrogen and oxygen atoms in total. The van der Waals surface area contributed by atoms with Gasteiger partial charge in [-0.2, -0.15) is 11.8 Å². The molecule has 210 valence electrons. The Morgan fingerprint density at radius 1 is 0.975 bits per heavy atom. The molecular weight excluding hydrogens is 522 g/mol. The van der Waals surface area contributed by atoms with Crippen molar-refractivity contribution in [1.82, 2.24) is 5.32 Å². The summed E-state index contributed by atoms with van der Waals surface area (Å²) in [6.07, 6.45) is 7.07. The first-order chi connectivity index (χ1) is 19.3. The second kappa shape index (κ2) is 15.4. The minimum atomic E-state index is -0.717. The van der Waals surface area contributed by atoms with Gasteiger partial charge in [0.15, 0.2) is 5.88 Å². The fourth-order valence-electron chi connectivity index (χ4n) is 4.13. The van der Waals surface area contributed by atoms with Crippen LogP contribution in [0.15, 0.2) is 96.5 Å². The van der Waals surface area contributed by atoms with Gasteiger partial charge in [0.1, 0.15) is 11.8 Å². The fourth-order valence-corrected chi connectivity index (χ4v) is 4.60. The first-order valence-electron chi connectivity index (χ1n) is 13.0. The topological polar surface area (TPSA) is 117 Å². The van der Waals surface area contributed by atoms with Crippen LogP contribution in [0.3, 0.4) is 0 Å². The molecule has 0 saturated carbocycles. The molecular formula is C32H37N3O4S. The molecule has 0 bridgehead atoms. The number of para-hydroxylation sites is 1. The zero-order valence-corrected chi connectivity index (χ0v) is 24.0. The number of rotatable bonds is 13.